The fourth-order valence-corrected chi connectivity index (χ4v) is 3.84. The minimum atomic E-state index is -3.59. The van der Waals surface area contributed by atoms with Crippen molar-refractivity contribution in [2.75, 3.05) is 13.4 Å². The van der Waals surface area contributed by atoms with Crippen LogP contribution in [0.3, 0.4) is 0 Å². The molecule has 1 heterocycles. The van der Waals surface area contributed by atoms with Crippen molar-refractivity contribution in [3.63, 3.8) is 0 Å². The van der Waals surface area contributed by atoms with E-state index in [-0.39, 0.29) is 27.4 Å². The fraction of sp³-hybridized carbons (Fsp3) is 0.211. The number of benzene rings is 2. The van der Waals surface area contributed by atoms with E-state index in [0.717, 1.165) is 18.4 Å². The van der Waals surface area contributed by atoms with E-state index in [0.29, 0.717) is 11.3 Å². The van der Waals surface area contributed by atoms with Gasteiger partial charge in [0.25, 0.3) is 0 Å². The molecule has 0 bridgehead atoms. The molecule has 154 valence electrons. The first-order chi connectivity index (χ1) is 13.6. The number of aromatic amines is 1. The van der Waals surface area contributed by atoms with Crippen molar-refractivity contribution >= 4 is 21.4 Å². The van der Waals surface area contributed by atoms with Crippen molar-refractivity contribution in [3.05, 3.63) is 70.1 Å². The number of hydrogen-bond acceptors (Lipinski definition) is 5. The summed E-state index contributed by atoms with van der Waals surface area (Å²) in [6, 6.07) is 7.61. The number of nitrogens with zero attached hydrogens (tertiary/aromatic N) is 1. The second-order valence-electron chi connectivity index (χ2n) is 6.29. The van der Waals surface area contributed by atoms with Crippen LogP contribution in [0.15, 0.2) is 41.4 Å². The molecule has 0 aliphatic rings. The quantitative estimate of drug-likeness (QED) is 0.617. The summed E-state index contributed by atoms with van der Waals surface area (Å²) >= 11 is 5.91. The van der Waals surface area contributed by atoms with E-state index >= 15 is 0 Å². The molecule has 2 aromatic carbocycles. The van der Waals surface area contributed by atoms with E-state index in [4.69, 9.17) is 21.1 Å². The van der Waals surface area contributed by atoms with Gasteiger partial charge in [-0.05, 0) is 31.2 Å². The molecule has 3 aromatic rings. The highest BCUT2D eigenvalue weighted by atomic mass is 35.5. The number of H-pyrrole nitrogens is 1. The second-order valence-corrected chi connectivity index (χ2v) is 8.63. The number of ether oxygens (including phenoxy) is 2. The minimum Gasteiger partial charge on any atom is -0.493 e. The van der Waals surface area contributed by atoms with Crippen molar-refractivity contribution in [1.29, 1.82) is 0 Å². The highest BCUT2D eigenvalue weighted by Gasteiger charge is 2.26. The van der Waals surface area contributed by atoms with Gasteiger partial charge in [-0.1, -0.05) is 17.7 Å². The largest absolute Gasteiger partial charge is 0.493 e. The van der Waals surface area contributed by atoms with Crippen LogP contribution in [0.25, 0.3) is 0 Å². The van der Waals surface area contributed by atoms with Gasteiger partial charge in [0, 0.05) is 17.9 Å². The molecular weight excluding hydrogens is 426 g/mol. The highest BCUT2D eigenvalue weighted by molar-refractivity contribution is 7.90. The molecule has 1 aromatic heterocycles. The number of aryl methyl sites for hydroxylation is 1. The van der Waals surface area contributed by atoms with E-state index in [2.05, 4.69) is 9.97 Å². The van der Waals surface area contributed by atoms with Gasteiger partial charge in [0.2, 0.25) is 0 Å². The van der Waals surface area contributed by atoms with Crippen LogP contribution in [-0.2, 0) is 9.84 Å². The van der Waals surface area contributed by atoms with Gasteiger partial charge in [-0.25, -0.2) is 22.2 Å². The zero-order chi connectivity index (χ0) is 21.3. The number of methoxy groups -OCH3 is 1. The van der Waals surface area contributed by atoms with Gasteiger partial charge in [-0.3, -0.25) is 0 Å². The molecule has 1 atom stereocenters. The summed E-state index contributed by atoms with van der Waals surface area (Å²) in [4.78, 5) is 7.04. The van der Waals surface area contributed by atoms with Gasteiger partial charge in [0.05, 0.1) is 17.8 Å². The van der Waals surface area contributed by atoms with Crippen molar-refractivity contribution in [1.82, 2.24) is 9.97 Å². The van der Waals surface area contributed by atoms with Crippen LogP contribution >= 0.6 is 11.6 Å². The first-order valence-electron chi connectivity index (χ1n) is 8.32. The third-order valence-corrected chi connectivity index (χ3v) is 5.46. The first kappa shape index (κ1) is 21.1. The van der Waals surface area contributed by atoms with Crippen LogP contribution in [0.1, 0.15) is 23.2 Å². The maximum absolute atomic E-state index is 13.6. The third kappa shape index (κ3) is 4.51. The summed E-state index contributed by atoms with van der Waals surface area (Å²) in [7, 11) is -2.24. The van der Waals surface area contributed by atoms with Gasteiger partial charge in [0.15, 0.2) is 38.3 Å². The Kier molecular flexibility index (Phi) is 5.81. The number of imidazole rings is 1. The molecule has 0 fully saturated rings. The van der Waals surface area contributed by atoms with Crippen LogP contribution in [0, 0.1) is 18.6 Å². The predicted molar refractivity (Wildman–Crippen MR) is 103 cm³/mol. The standard InChI is InChI=1S/C19H17ClF2N2O4S/c1-10-19(29(3,25)26)24-18(23-10)17(11-4-6-14(22)13(20)8-11)28-15-7-5-12(21)9-16(15)27-2/h4-9,17H,1-3H3,(H,23,24)/t17-/m0/s1. The molecule has 0 aliphatic heterocycles. The zero-order valence-electron chi connectivity index (χ0n) is 15.7. The average molecular weight is 443 g/mol. The molecule has 6 nitrogen and oxygen atoms in total. The lowest BCUT2D eigenvalue weighted by Gasteiger charge is -2.20. The van der Waals surface area contributed by atoms with Crippen molar-refractivity contribution in [3.8, 4) is 11.5 Å². The lowest BCUT2D eigenvalue weighted by Crippen LogP contribution is -2.12. The smallest absolute Gasteiger partial charge is 0.194 e. The number of halogens is 3. The van der Waals surface area contributed by atoms with Crippen molar-refractivity contribution in [2.24, 2.45) is 0 Å². The second kappa shape index (κ2) is 8.00. The van der Waals surface area contributed by atoms with Crippen LogP contribution in [0.5, 0.6) is 11.5 Å². The monoisotopic (exact) mass is 442 g/mol. The topological polar surface area (TPSA) is 81.3 Å². The zero-order valence-corrected chi connectivity index (χ0v) is 17.2. The Morgan fingerprint density at radius 3 is 2.45 bits per heavy atom. The summed E-state index contributed by atoms with van der Waals surface area (Å²) < 4.78 is 62.2. The lowest BCUT2D eigenvalue weighted by atomic mass is 10.1. The van der Waals surface area contributed by atoms with Crippen LogP contribution in [0.4, 0.5) is 8.78 Å². The first-order valence-corrected chi connectivity index (χ1v) is 10.6. The van der Waals surface area contributed by atoms with E-state index in [1.54, 1.807) is 6.92 Å². The van der Waals surface area contributed by atoms with Crippen molar-refractivity contribution < 1.29 is 26.7 Å². The number of sulfone groups is 1. The van der Waals surface area contributed by atoms with Crippen molar-refractivity contribution in [2.45, 2.75) is 18.1 Å². The van der Waals surface area contributed by atoms with Gasteiger partial charge in [-0.2, -0.15) is 0 Å². The molecule has 0 amide bonds. The number of hydrogen-bond donors (Lipinski definition) is 1. The maximum Gasteiger partial charge on any atom is 0.194 e. The molecule has 0 saturated heterocycles. The molecule has 10 heteroatoms. The van der Waals surface area contributed by atoms with E-state index in [1.165, 1.54) is 31.4 Å². The minimum absolute atomic E-state index is 0.120. The van der Waals surface area contributed by atoms with Crippen LogP contribution in [-0.4, -0.2) is 31.8 Å². The molecule has 0 unspecified atom stereocenters. The summed E-state index contributed by atoms with van der Waals surface area (Å²) in [5.41, 5.74) is 0.715. The molecule has 0 saturated carbocycles. The van der Waals surface area contributed by atoms with Gasteiger partial charge >= 0.3 is 0 Å². The number of rotatable bonds is 6. The maximum atomic E-state index is 13.6. The molecule has 3 rings (SSSR count). The fourth-order valence-electron chi connectivity index (χ4n) is 2.77. The Bertz CT molecular complexity index is 1170. The number of aromatic nitrogens is 2. The Hall–Kier alpha value is -2.65. The molecule has 0 spiro atoms. The average Bonchev–Trinajstić information content (AvgIpc) is 3.04. The Balaban J connectivity index is 2.14. The van der Waals surface area contributed by atoms with Crippen LogP contribution < -0.4 is 9.47 Å². The van der Waals surface area contributed by atoms with Gasteiger partial charge in [-0.15, -0.1) is 0 Å². The molecule has 1 N–H and O–H groups in total. The SMILES string of the molecule is COc1cc(F)ccc1O[C@@H](c1ccc(F)c(Cl)c1)c1nc(S(C)(=O)=O)c(C)[nH]1. The molecule has 0 radical (unpaired) electrons. The third-order valence-electron chi connectivity index (χ3n) is 4.07. The summed E-state index contributed by atoms with van der Waals surface area (Å²) in [5, 5.41) is -0.283. The Labute approximate surface area is 171 Å². The van der Waals surface area contributed by atoms with Crippen LogP contribution in [0.2, 0.25) is 5.02 Å². The predicted octanol–water partition coefficient (Wildman–Crippen LogP) is 4.23. The molecular formula is C19H17ClF2N2O4S. The Morgan fingerprint density at radius 1 is 1.14 bits per heavy atom. The Morgan fingerprint density at radius 2 is 1.86 bits per heavy atom. The highest BCUT2D eigenvalue weighted by Crippen LogP contribution is 2.35. The number of nitrogens with one attached hydrogen (secondary N) is 1. The summed E-state index contributed by atoms with van der Waals surface area (Å²) in [6.45, 7) is 1.56. The van der Waals surface area contributed by atoms with E-state index in [1.807, 2.05) is 0 Å². The van der Waals surface area contributed by atoms with E-state index in [9.17, 15) is 17.2 Å². The molecule has 29 heavy (non-hydrogen) atoms. The molecule has 0 aliphatic carbocycles. The van der Waals surface area contributed by atoms with E-state index < -0.39 is 27.6 Å². The lowest BCUT2D eigenvalue weighted by molar-refractivity contribution is 0.225. The van der Waals surface area contributed by atoms with Gasteiger partial charge in [0.1, 0.15) is 11.6 Å². The summed E-state index contributed by atoms with van der Waals surface area (Å²) in [6.07, 6.45) is 0.0368. The normalized spacial score (nSPS) is 12.6. The van der Waals surface area contributed by atoms with Gasteiger partial charge < -0.3 is 14.5 Å². The summed E-state index contributed by atoms with van der Waals surface area (Å²) in [5.74, 6) is -0.703.